The van der Waals surface area contributed by atoms with Crippen LogP contribution in [0.15, 0.2) is 24.4 Å². The van der Waals surface area contributed by atoms with Crippen molar-refractivity contribution >= 4 is 11.9 Å². The van der Waals surface area contributed by atoms with Gasteiger partial charge in [0, 0.05) is 6.54 Å². The number of hydrogen-bond acceptors (Lipinski definition) is 4. The van der Waals surface area contributed by atoms with Crippen LogP contribution >= 0.6 is 0 Å². The summed E-state index contributed by atoms with van der Waals surface area (Å²) in [4.78, 5) is 22.2. The fraction of sp³-hybridized carbons (Fsp3) is 0.167. The number of halogens is 2. The van der Waals surface area contributed by atoms with Crippen LogP contribution in [0.2, 0.25) is 0 Å². The van der Waals surface area contributed by atoms with E-state index in [1.54, 1.807) is 0 Å². The van der Waals surface area contributed by atoms with E-state index in [1.165, 1.54) is 6.07 Å². The number of nitrogens with one attached hydrogen (secondary N) is 1. The van der Waals surface area contributed by atoms with E-state index in [0.29, 0.717) is 5.56 Å². The number of aromatic nitrogens is 3. The van der Waals surface area contributed by atoms with Gasteiger partial charge in [0.1, 0.15) is 6.54 Å². The molecule has 0 aliphatic heterocycles. The smallest absolute Gasteiger partial charge is 0.358 e. The molecule has 0 aliphatic carbocycles. The van der Waals surface area contributed by atoms with E-state index in [0.717, 1.165) is 23.0 Å². The molecule has 0 aliphatic rings. The Hall–Kier alpha value is -2.84. The second-order valence-electron chi connectivity index (χ2n) is 4.13. The number of carboxylic acid groups (broad SMARTS) is 1. The minimum atomic E-state index is -1.25. The van der Waals surface area contributed by atoms with Gasteiger partial charge in [0.25, 0.3) is 0 Å². The molecule has 21 heavy (non-hydrogen) atoms. The quantitative estimate of drug-likeness (QED) is 0.840. The van der Waals surface area contributed by atoms with Gasteiger partial charge in [-0.15, -0.1) is 5.10 Å². The molecule has 110 valence electrons. The predicted octanol–water partition coefficient (Wildman–Crippen LogP) is 0.571. The van der Waals surface area contributed by atoms with Crippen LogP contribution in [0.1, 0.15) is 16.1 Å². The maximum Gasteiger partial charge on any atom is 0.358 e. The summed E-state index contributed by atoms with van der Waals surface area (Å²) in [5.41, 5.74) is 0.121. The van der Waals surface area contributed by atoms with Gasteiger partial charge in [0.2, 0.25) is 5.91 Å². The lowest BCUT2D eigenvalue weighted by atomic mass is 10.2. The zero-order chi connectivity index (χ0) is 15.4. The predicted molar refractivity (Wildman–Crippen MR) is 65.2 cm³/mol. The molecule has 1 aromatic heterocycles. The highest BCUT2D eigenvalue weighted by atomic mass is 19.2. The molecule has 9 heteroatoms. The minimum Gasteiger partial charge on any atom is -0.476 e. The zero-order valence-electron chi connectivity index (χ0n) is 10.6. The first-order valence-corrected chi connectivity index (χ1v) is 5.80. The fourth-order valence-electron chi connectivity index (χ4n) is 1.53. The van der Waals surface area contributed by atoms with Crippen molar-refractivity contribution in [2.24, 2.45) is 0 Å². The standard InChI is InChI=1S/C12H10F2N4O3/c13-8-2-1-7(3-9(8)14)4-15-11(19)6-18-5-10(12(20)21)16-17-18/h1-3,5H,4,6H2,(H,15,19)(H,20,21). The third kappa shape index (κ3) is 3.81. The summed E-state index contributed by atoms with van der Waals surface area (Å²) < 4.78 is 26.7. The van der Waals surface area contributed by atoms with Crippen molar-refractivity contribution in [2.45, 2.75) is 13.1 Å². The summed E-state index contributed by atoms with van der Waals surface area (Å²) in [6, 6.07) is 3.29. The Morgan fingerprint density at radius 3 is 2.67 bits per heavy atom. The average Bonchev–Trinajstić information content (AvgIpc) is 2.89. The van der Waals surface area contributed by atoms with E-state index in [2.05, 4.69) is 15.6 Å². The van der Waals surface area contributed by atoms with Gasteiger partial charge in [0.15, 0.2) is 17.3 Å². The molecule has 0 atom stereocenters. The van der Waals surface area contributed by atoms with E-state index in [-0.39, 0.29) is 18.8 Å². The summed E-state index contributed by atoms with van der Waals surface area (Å²) in [6.07, 6.45) is 1.11. The number of hydrogen-bond donors (Lipinski definition) is 2. The van der Waals surface area contributed by atoms with Crippen LogP contribution < -0.4 is 5.32 Å². The van der Waals surface area contributed by atoms with E-state index in [4.69, 9.17) is 5.11 Å². The summed E-state index contributed by atoms with van der Waals surface area (Å²) >= 11 is 0. The van der Waals surface area contributed by atoms with Crippen LogP contribution in [0.25, 0.3) is 0 Å². The lowest BCUT2D eigenvalue weighted by Gasteiger charge is -2.05. The SMILES string of the molecule is O=C(Cn1cc(C(=O)O)nn1)NCc1ccc(F)c(F)c1. The van der Waals surface area contributed by atoms with E-state index in [9.17, 15) is 18.4 Å². The Morgan fingerprint density at radius 2 is 2.05 bits per heavy atom. The number of rotatable bonds is 5. The van der Waals surface area contributed by atoms with Gasteiger partial charge in [-0.3, -0.25) is 4.79 Å². The molecule has 7 nitrogen and oxygen atoms in total. The van der Waals surface area contributed by atoms with Crippen molar-refractivity contribution in [1.82, 2.24) is 20.3 Å². The van der Waals surface area contributed by atoms with Gasteiger partial charge in [-0.25, -0.2) is 18.3 Å². The van der Waals surface area contributed by atoms with Crippen molar-refractivity contribution in [1.29, 1.82) is 0 Å². The molecular formula is C12H10F2N4O3. The highest BCUT2D eigenvalue weighted by molar-refractivity contribution is 5.84. The third-order valence-electron chi connectivity index (χ3n) is 2.54. The first-order chi connectivity index (χ1) is 9.95. The molecule has 0 fully saturated rings. The summed E-state index contributed by atoms with van der Waals surface area (Å²) in [6.45, 7) is -0.222. The van der Waals surface area contributed by atoms with Crippen LogP contribution in [-0.2, 0) is 17.9 Å². The van der Waals surface area contributed by atoms with Gasteiger partial charge in [-0.2, -0.15) is 0 Å². The van der Waals surface area contributed by atoms with E-state index in [1.807, 2.05) is 0 Å². The molecule has 0 unspecified atom stereocenters. The highest BCUT2D eigenvalue weighted by Crippen LogP contribution is 2.08. The van der Waals surface area contributed by atoms with Gasteiger partial charge in [-0.1, -0.05) is 11.3 Å². The number of amides is 1. The average molecular weight is 296 g/mol. The second-order valence-corrected chi connectivity index (χ2v) is 4.13. The molecule has 2 rings (SSSR count). The molecule has 2 N–H and O–H groups in total. The molecule has 0 saturated carbocycles. The number of carbonyl (C=O) groups is 2. The Kier molecular flexibility index (Phi) is 4.21. The molecule has 0 bridgehead atoms. The van der Waals surface area contributed by atoms with Crippen LogP contribution in [0.5, 0.6) is 0 Å². The Balaban J connectivity index is 1.89. The Labute approximate surface area is 117 Å². The number of carbonyl (C=O) groups excluding carboxylic acids is 1. The van der Waals surface area contributed by atoms with Gasteiger partial charge in [-0.05, 0) is 17.7 Å². The molecular weight excluding hydrogens is 286 g/mol. The van der Waals surface area contributed by atoms with Crippen molar-refractivity contribution < 1.29 is 23.5 Å². The molecule has 2 aromatic rings. The summed E-state index contributed by atoms with van der Waals surface area (Å²) in [5, 5.41) is 17.9. The van der Waals surface area contributed by atoms with Gasteiger partial charge < -0.3 is 10.4 Å². The normalized spacial score (nSPS) is 10.4. The molecule has 0 spiro atoms. The fourth-order valence-corrected chi connectivity index (χ4v) is 1.53. The molecule has 0 saturated heterocycles. The number of aromatic carboxylic acids is 1. The topological polar surface area (TPSA) is 97.1 Å². The third-order valence-corrected chi connectivity index (χ3v) is 2.54. The second kappa shape index (κ2) is 6.07. The zero-order valence-corrected chi connectivity index (χ0v) is 10.6. The van der Waals surface area contributed by atoms with Crippen molar-refractivity contribution in [3.63, 3.8) is 0 Å². The lowest BCUT2D eigenvalue weighted by Crippen LogP contribution is -2.27. The monoisotopic (exact) mass is 296 g/mol. The number of nitrogens with zero attached hydrogens (tertiary/aromatic N) is 3. The molecule has 0 radical (unpaired) electrons. The molecule has 1 aromatic carbocycles. The minimum absolute atomic E-state index is 0.0104. The van der Waals surface area contributed by atoms with Crippen LogP contribution in [0.4, 0.5) is 8.78 Å². The first-order valence-electron chi connectivity index (χ1n) is 5.80. The highest BCUT2D eigenvalue weighted by Gasteiger charge is 2.10. The molecule has 1 heterocycles. The van der Waals surface area contributed by atoms with E-state index >= 15 is 0 Å². The Bertz CT molecular complexity index is 687. The first kappa shape index (κ1) is 14.6. The van der Waals surface area contributed by atoms with E-state index < -0.39 is 23.5 Å². The number of benzene rings is 1. The summed E-state index contributed by atoms with van der Waals surface area (Å²) in [7, 11) is 0. The van der Waals surface area contributed by atoms with Gasteiger partial charge >= 0.3 is 5.97 Å². The van der Waals surface area contributed by atoms with Gasteiger partial charge in [0.05, 0.1) is 6.20 Å². The lowest BCUT2D eigenvalue weighted by molar-refractivity contribution is -0.122. The largest absolute Gasteiger partial charge is 0.476 e. The van der Waals surface area contributed by atoms with Crippen LogP contribution in [0.3, 0.4) is 0 Å². The number of carboxylic acids is 1. The maximum atomic E-state index is 13.0. The van der Waals surface area contributed by atoms with Crippen LogP contribution in [0, 0.1) is 11.6 Å². The van der Waals surface area contributed by atoms with Crippen molar-refractivity contribution in [3.05, 3.63) is 47.3 Å². The Morgan fingerprint density at radius 1 is 1.29 bits per heavy atom. The maximum absolute atomic E-state index is 13.0. The summed E-state index contributed by atoms with van der Waals surface area (Å²) in [5.74, 6) is -3.68. The van der Waals surface area contributed by atoms with Crippen molar-refractivity contribution in [2.75, 3.05) is 0 Å². The van der Waals surface area contributed by atoms with Crippen molar-refractivity contribution in [3.8, 4) is 0 Å². The molecule has 1 amide bonds. The van der Waals surface area contributed by atoms with Crippen LogP contribution in [-0.4, -0.2) is 32.0 Å².